The van der Waals surface area contributed by atoms with E-state index in [1.54, 1.807) is 0 Å². The van der Waals surface area contributed by atoms with Crippen molar-refractivity contribution in [1.82, 2.24) is 0 Å². The minimum absolute atomic E-state index is 0. The van der Waals surface area contributed by atoms with Crippen molar-refractivity contribution in [3.05, 3.63) is 35.9 Å². The maximum Gasteiger partial charge on any atom is 0.320 e. The Morgan fingerprint density at radius 3 is 2.13 bits per heavy atom. The number of hydrogen-bond donors (Lipinski definition) is 2. The van der Waals surface area contributed by atoms with Crippen molar-refractivity contribution in [1.29, 1.82) is 0 Å². The van der Waals surface area contributed by atoms with Gasteiger partial charge in [-0.2, -0.15) is 0 Å². The third kappa shape index (κ3) is 6.87. The van der Waals surface area contributed by atoms with Gasteiger partial charge in [0.25, 0.3) is 0 Å². The quantitative estimate of drug-likeness (QED) is 0.730. The number of carbonyl (C=O) groups is 1. The molecule has 0 heterocycles. The third-order valence-corrected chi connectivity index (χ3v) is 1.62. The van der Waals surface area contributed by atoms with Gasteiger partial charge < -0.3 is 21.8 Å². The van der Waals surface area contributed by atoms with Crippen molar-refractivity contribution >= 4 is 18.4 Å². The van der Waals surface area contributed by atoms with Gasteiger partial charge in [0.05, 0.1) is 0 Å². The van der Waals surface area contributed by atoms with Crippen LogP contribution in [0.25, 0.3) is 0 Å². The van der Waals surface area contributed by atoms with Crippen LogP contribution in [0.5, 0.6) is 0 Å². The minimum atomic E-state index is -0.959. The van der Waals surface area contributed by atoms with Crippen molar-refractivity contribution in [2.75, 3.05) is 0 Å². The summed E-state index contributed by atoms with van der Waals surface area (Å²) in [4.78, 5) is 10.4. The van der Waals surface area contributed by atoms with Gasteiger partial charge in [-0.3, -0.25) is 4.79 Å². The van der Waals surface area contributed by atoms with Crippen molar-refractivity contribution in [3.8, 4) is 0 Å². The first-order chi connectivity index (χ1) is 5.70. The number of halogens is 1. The van der Waals surface area contributed by atoms with Gasteiger partial charge in [0.1, 0.15) is 6.04 Å². The van der Waals surface area contributed by atoms with E-state index in [4.69, 9.17) is 10.8 Å². The summed E-state index contributed by atoms with van der Waals surface area (Å²) in [5.74, 6) is -0.959. The molecule has 1 rings (SSSR count). The van der Waals surface area contributed by atoms with Crippen molar-refractivity contribution < 1.29 is 20.9 Å². The van der Waals surface area contributed by atoms with E-state index in [1.807, 2.05) is 30.3 Å². The van der Waals surface area contributed by atoms with Gasteiger partial charge in [-0.1, -0.05) is 30.3 Å². The van der Waals surface area contributed by atoms with Crippen LogP contribution in [0, 0.1) is 0 Å². The molecule has 0 radical (unpaired) electrons. The first-order valence-corrected chi connectivity index (χ1v) is 3.72. The molecule has 0 fully saturated rings. The fourth-order valence-corrected chi connectivity index (χ4v) is 0.955. The lowest BCUT2D eigenvalue weighted by atomic mass is 10.1. The van der Waals surface area contributed by atoms with Gasteiger partial charge in [-0.05, 0) is 12.0 Å². The maximum atomic E-state index is 10.4. The molecule has 7 N–H and O–H groups in total. The Kier molecular flexibility index (Phi) is 12.2. The molecule has 6 heteroatoms. The molecule has 0 aliphatic rings. The monoisotopic (exact) mass is 237 g/mol. The molecule has 5 nitrogen and oxygen atoms in total. The zero-order valence-electron chi connectivity index (χ0n) is 8.01. The van der Waals surface area contributed by atoms with Crippen LogP contribution in [-0.4, -0.2) is 28.1 Å². The zero-order chi connectivity index (χ0) is 8.97. The van der Waals surface area contributed by atoms with Crippen molar-refractivity contribution in [3.63, 3.8) is 0 Å². The average molecular weight is 238 g/mol. The number of aliphatic carboxylic acids is 1. The topological polar surface area (TPSA) is 126 Å². The number of carboxylic acid groups (broad SMARTS) is 1. The normalized spacial score (nSPS) is 9.93. The van der Waals surface area contributed by atoms with Crippen molar-refractivity contribution in [2.24, 2.45) is 5.73 Å². The van der Waals surface area contributed by atoms with E-state index in [0.717, 1.165) is 5.56 Å². The molecule has 15 heavy (non-hydrogen) atoms. The predicted molar refractivity (Wildman–Crippen MR) is 60.2 cm³/mol. The Labute approximate surface area is 93.9 Å². The van der Waals surface area contributed by atoms with Crippen LogP contribution in [0.15, 0.2) is 30.3 Å². The van der Waals surface area contributed by atoms with Crippen LogP contribution >= 0.6 is 12.4 Å². The molecule has 0 amide bonds. The summed E-state index contributed by atoms with van der Waals surface area (Å²) in [6, 6.07) is 8.54. The van der Waals surface area contributed by atoms with Gasteiger partial charge >= 0.3 is 5.97 Å². The highest BCUT2D eigenvalue weighted by molar-refractivity contribution is 5.85. The molecular weight excluding hydrogens is 222 g/mol. The predicted octanol–water partition coefficient (Wildman–Crippen LogP) is -0.587. The highest BCUT2D eigenvalue weighted by Gasteiger charge is 2.10. The molecule has 1 aromatic carbocycles. The fourth-order valence-electron chi connectivity index (χ4n) is 0.955. The fraction of sp³-hybridized carbons (Fsp3) is 0.222. The number of nitrogens with two attached hydrogens (primary N) is 1. The summed E-state index contributed by atoms with van der Waals surface area (Å²) in [6.45, 7) is 0. The number of benzene rings is 1. The molecule has 0 aromatic heterocycles. The molecule has 0 spiro atoms. The van der Waals surface area contributed by atoms with E-state index in [1.165, 1.54) is 0 Å². The summed E-state index contributed by atoms with van der Waals surface area (Å²) in [5, 5.41) is 8.52. The average Bonchev–Trinajstić information content (AvgIpc) is 2.06. The Morgan fingerprint density at radius 1 is 1.27 bits per heavy atom. The van der Waals surface area contributed by atoms with Gasteiger partial charge in [0.15, 0.2) is 0 Å². The summed E-state index contributed by atoms with van der Waals surface area (Å²) in [7, 11) is 0. The van der Waals surface area contributed by atoms with Crippen LogP contribution in [0.2, 0.25) is 0 Å². The number of carboxylic acids is 1. The summed E-state index contributed by atoms with van der Waals surface area (Å²) in [6.07, 6.45) is 0.385. The van der Waals surface area contributed by atoms with Crippen LogP contribution in [0.1, 0.15) is 5.56 Å². The van der Waals surface area contributed by atoms with Crippen LogP contribution in [-0.2, 0) is 11.2 Å². The van der Waals surface area contributed by atoms with Gasteiger partial charge in [0.2, 0.25) is 0 Å². The number of rotatable bonds is 3. The lowest BCUT2D eigenvalue weighted by molar-refractivity contribution is -0.138. The van der Waals surface area contributed by atoms with E-state index in [9.17, 15) is 4.79 Å². The molecule has 0 unspecified atom stereocenters. The van der Waals surface area contributed by atoms with Crippen LogP contribution in [0.4, 0.5) is 0 Å². The summed E-state index contributed by atoms with van der Waals surface area (Å²) in [5.41, 5.74) is 6.30. The molecule has 0 aliphatic carbocycles. The summed E-state index contributed by atoms with van der Waals surface area (Å²) < 4.78 is 0. The highest BCUT2D eigenvalue weighted by atomic mass is 35.5. The van der Waals surface area contributed by atoms with E-state index in [0.29, 0.717) is 6.42 Å². The van der Waals surface area contributed by atoms with Crippen molar-refractivity contribution in [2.45, 2.75) is 12.5 Å². The molecular formula is C9H16ClNO4. The first kappa shape index (κ1) is 19.4. The smallest absolute Gasteiger partial charge is 0.320 e. The van der Waals surface area contributed by atoms with E-state index in [2.05, 4.69) is 0 Å². The maximum absolute atomic E-state index is 10.4. The Bertz CT molecular complexity index is 268. The largest absolute Gasteiger partial charge is 0.480 e. The Morgan fingerprint density at radius 2 is 1.73 bits per heavy atom. The second kappa shape index (κ2) is 9.42. The molecule has 0 bridgehead atoms. The summed E-state index contributed by atoms with van der Waals surface area (Å²) >= 11 is 0. The SMILES string of the molecule is Cl.N[C@@H](Cc1ccccc1)C(=O)O.O.O. The van der Waals surface area contributed by atoms with Gasteiger partial charge in [0, 0.05) is 0 Å². The standard InChI is InChI=1S/C9H11NO2.ClH.2H2O/c10-8(9(11)12)6-7-4-2-1-3-5-7;;;/h1-5,8H,6,10H2,(H,11,12);1H;2*1H2/t8-;;;/m0.../s1. The van der Waals surface area contributed by atoms with E-state index in [-0.39, 0.29) is 23.4 Å². The molecule has 1 atom stereocenters. The Hall–Kier alpha value is -1.14. The van der Waals surface area contributed by atoms with Gasteiger partial charge in [-0.15, -0.1) is 12.4 Å². The van der Waals surface area contributed by atoms with E-state index >= 15 is 0 Å². The van der Waals surface area contributed by atoms with Crippen LogP contribution < -0.4 is 5.73 Å². The lowest BCUT2D eigenvalue weighted by Crippen LogP contribution is -2.32. The van der Waals surface area contributed by atoms with Crippen LogP contribution in [0.3, 0.4) is 0 Å². The first-order valence-electron chi connectivity index (χ1n) is 3.72. The van der Waals surface area contributed by atoms with E-state index < -0.39 is 12.0 Å². The lowest BCUT2D eigenvalue weighted by Gasteiger charge is -2.04. The highest BCUT2D eigenvalue weighted by Crippen LogP contribution is 2.01. The zero-order valence-corrected chi connectivity index (χ0v) is 8.83. The molecule has 0 aliphatic heterocycles. The minimum Gasteiger partial charge on any atom is -0.480 e. The Balaban J connectivity index is -0.000000480. The molecule has 1 aromatic rings. The second-order valence-electron chi connectivity index (χ2n) is 2.63. The molecule has 88 valence electrons. The molecule has 0 saturated heterocycles. The third-order valence-electron chi connectivity index (χ3n) is 1.62. The number of hydrogen-bond acceptors (Lipinski definition) is 2. The van der Waals surface area contributed by atoms with Gasteiger partial charge in [-0.25, -0.2) is 0 Å². The second-order valence-corrected chi connectivity index (χ2v) is 2.63. The molecule has 0 saturated carbocycles.